The maximum atomic E-state index is 12.6. The molecular formula is C13H18BrNO3S. The molecule has 1 aromatic rings. The monoisotopic (exact) mass is 347 g/mol. The van der Waals surface area contributed by atoms with Crippen LogP contribution < -0.4 is 0 Å². The molecular weight excluding hydrogens is 330 g/mol. The summed E-state index contributed by atoms with van der Waals surface area (Å²) in [6.45, 7) is 3.12. The van der Waals surface area contributed by atoms with Gasteiger partial charge in [0.25, 0.3) is 0 Å². The van der Waals surface area contributed by atoms with E-state index in [1.807, 2.05) is 0 Å². The molecule has 6 heteroatoms. The Morgan fingerprint density at radius 3 is 2.58 bits per heavy atom. The number of sulfonamides is 1. The third-order valence-electron chi connectivity index (χ3n) is 3.54. The second kappa shape index (κ2) is 5.91. The molecule has 1 aliphatic heterocycles. The molecule has 1 fully saturated rings. The van der Waals surface area contributed by atoms with Gasteiger partial charge in [-0.2, -0.15) is 4.31 Å². The predicted octanol–water partition coefficient (Wildman–Crippen LogP) is 2.36. The highest BCUT2D eigenvalue weighted by molar-refractivity contribution is 9.10. The zero-order chi connectivity index (χ0) is 14.0. The van der Waals surface area contributed by atoms with Gasteiger partial charge in [0, 0.05) is 17.6 Å². The van der Waals surface area contributed by atoms with Crippen LogP contribution in [0.3, 0.4) is 0 Å². The van der Waals surface area contributed by atoms with E-state index in [2.05, 4.69) is 22.9 Å². The highest BCUT2D eigenvalue weighted by Crippen LogP contribution is 2.29. The molecule has 0 spiro atoms. The fraction of sp³-hybridized carbons (Fsp3) is 0.538. The smallest absolute Gasteiger partial charge is 0.244 e. The Morgan fingerprint density at radius 2 is 2.00 bits per heavy atom. The Morgan fingerprint density at radius 1 is 1.37 bits per heavy atom. The van der Waals surface area contributed by atoms with Crippen molar-refractivity contribution < 1.29 is 13.5 Å². The second-order valence-corrected chi connectivity index (χ2v) is 7.77. The lowest BCUT2D eigenvalue weighted by molar-refractivity contribution is 0.281. The van der Waals surface area contributed by atoms with Crippen LogP contribution in [0.25, 0.3) is 0 Å². The number of hydrogen-bond donors (Lipinski definition) is 1. The number of nitrogens with zero attached hydrogens (tertiary/aromatic N) is 1. The summed E-state index contributed by atoms with van der Waals surface area (Å²) in [5.41, 5.74) is 0.604. The molecule has 1 heterocycles. The van der Waals surface area contributed by atoms with Crippen molar-refractivity contribution in [1.29, 1.82) is 0 Å². The van der Waals surface area contributed by atoms with Gasteiger partial charge in [0.15, 0.2) is 0 Å². The molecule has 0 aliphatic carbocycles. The largest absolute Gasteiger partial charge is 0.392 e. The fourth-order valence-electron chi connectivity index (χ4n) is 2.21. The number of aliphatic hydroxyl groups excluding tert-OH is 1. The lowest BCUT2D eigenvalue weighted by atomic mass is 10.0. The molecule has 0 bridgehead atoms. The minimum atomic E-state index is -3.47. The summed E-state index contributed by atoms with van der Waals surface area (Å²) in [7, 11) is -3.47. The first-order valence-corrected chi connectivity index (χ1v) is 8.58. The van der Waals surface area contributed by atoms with E-state index in [9.17, 15) is 8.42 Å². The van der Waals surface area contributed by atoms with E-state index in [0.717, 1.165) is 12.8 Å². The summed E-state index contributed by atoms with van der Waals surface area (Å²) in [4.78, 5) is 0.244. The number of hydrogen-bond acceptors (Lipinski definition) is 3. The maximum absolute atomic E-state index is 12.6. The molecule has 2 rings (SSSR count). The Labute approximate surface area is 122 Å². The van der Waals surface area contributed by atoms with Crippen LogP contribution in [0.2, 0.25) is 0 Å². The van der Waals surface area contributed by atoms with Crippen LogP contribution in [0.4, 0.5) is 0 Å². The van der Waals surface area contributed by atoms with Crippen molar-refractivity contribution in [2.75, 3.05) is 13.1 Å². The van der Waals surface area contributed by atoms with E-state index in [-0.39, 0.29) is 11.5 Å². The van der Waals surface area contributed by atoms with Crippen LogP contribution >= 0.6 is 15.9 Å². The lowest BCUT2D eigenvalue weighted by Gasteiger charge is -2.29. The van der Waals surface area contributed by atoms with Gasteiger partial charge < -0.3 is 5.11 Å². The van der Waals surface area contributed by atoms with Gasteiger partial charge >= 0.3 is 0 Å². The summed E-state index contributed by atoms with van der Waals surface area (Å²) in [5, 5.41) is 9.14. The van der Waals surface area contributed by atoms with Crippen LogP contribution in [0, 0.1) is 5.92 Å². The van der Waals surface area contributed by atoms with Gasteiger partial charge in [0.1, 0.15) is 0 Å². The Kier molecular flexibility index (Phi) is 4.66. The zero-order valence-corrected chi connectivity index (χ0v) is 13.2. The highest BCUT2D eigenvalue weighted by Gasteiger charge is 2.29. The van der Waals surface area contributed by atoms with Crippen molar-refractivity contribution in [2.24, 2.45) is 5.92 Å². The summed E-state index contributed by atoms with van der Waals surface area (Å²) >= 11 is 3.29. The molecule has 1 aromatic carbocycles. The number of piperidine rings is 1. The molecule has 0 saturated carbocycles. The van der Waals surface area contributed by atoms with Crippen molar-refractivity contribution in [1.82, 2.24) is 4.31 Å². The summed E-state index contributed by atoms with van der Waals surface area (Å²) in [6, 6.07) is 4.92. The Balaban J connectivity index is 2.34. The van der Waals surface area contributed by atoms with Gasteiger partial charge in [-0.15, -0.1) is 0 Å². The van der Waals surface area contributed by atoms with E-state index in [0.29, 0.717) is 29.0 Å². The topological polar surface area (TPSA) is 57.6 Å². The standard InChI is InChI=1S/C13H18BrNO3S/c1-10-4-6-15(7-5-10)19(17,18)13-8-11(9-16)2-3-12(13)14/h2-3,8,10,16H,4-7,9H2,1H3. The second-order valence-electron chi connectivity index (χ2n) is 5.01. The zero-order valence-electron chi connectivity index (χ0n) is 10.8. The van der Waals surface area contributed by atoms with Crippen LogP contribution in [-0.2, 0) is 16.6 Å². The van der Waals surface area contributed by atoms with Gasteiger partial charge in [0.05, 0.1) is 11.5 Å². The lowest BCUT2D eigenvalue weighted by Crippen LogP contribution is -2.38. The maximum Gasteiger partial charge on any atom is 0.244 e. The number of rotatable bonds is 3. The average Bonchev–Trinajstić information content (AvgIpc) is 2.39. The first-order chi connectivity index (χ1) is 8.95. The predicted molar refractivity (Wildman–Crippen MR) is 77.2 cm³/mol. The van der Waals surface area contributed by atoms with Gasteiger partial charge in [-0.1, -0.05) is 13.0 Å². The molecule has 1 N–H and O–H groups in total. The Hall–Kier alpha value is -0.430. The third kappa shape index (κ3) is 3.18. The number of halogens is 1. The summed E-state index contributed by atoms with van der Waals surface area (Å²) in [5.74, 6) is 0.582. The summed E-state index contributed by atoms with van der Waals surface area (Å²) < 4.78 is 27.3. The van der Waals surface area contributed by atoms with Crippen molar-refractivity contribution in [3.8, 4) is 0 Å². The number of benzene rings is 1. The van der Waals surface area contributed by atoms with Crippen LogP contribution in [0.15, 0.2) is 27.6 Å². The van der Waals surface area contributed by atoms with Crippen molar-refractivity contribution >= 4 is 26.0 Å². The average molecular weight is 348 g/mol. The normalized spacial score (nSPS) is 18.7. The quantitative estimate of drug-likeness (QED) is 0.912. The van der Waals surface area contributed by atoms with Crippen molar-refractivity contribution in [3.63, 3.8) is 0 Å². The molecule has 0 amide bonds. The molecule has 0 atom stereocenters. The van der Waals surface area contributed by atoms with Gasteiger partial charge in [-0.25, -0.2) is 8.42 Å². The highest BCUT2D eigenvalue weighted by atomic mass is 79.9. The molecule has 106 valence electrons. The molecule has 0 unspecified atom stereocenters. The van der Waals surface area contributed by atoms with E-state index in [1.165, 1.54) is 10.4 Å². The Bertz CT molecular complexity index is 551. The molecule has 1 aliphatic rings. The number of aliphatic hydroxyl groups is 1. The molecule has 0 radical (unpaired) electrons. The molecule has 0 aromatic heterocycles. The fourth-order valence-corrected chi connectivity index (χ4v) is 4.65. The SMILES string of the molecule is CC1CCN(S(=O)(=O)c2cc(CO)ccc2Br)CC1. The van der Waals surface area contributed by atoms with E-state index < -0.39 is 10.0 Å². The van der Waals surface area contributed by atoms with Crippen LogP contribution in [0.1, 0.15) is 25.3 Å². The first kappa shape index (κ1) is 15.0. The van der Waals surface area contributed by atoms with Crippen molar-refractivity contribution in [2.45, 2.75) is 31.3 Å². The van der Waals surface area contributed by atoms with E-state index in [1.54, 1.807) is 12.1 Å². The third-order valence-corrected chi connectivity index (χ3v) is 6.43. The van der Waals surface area contributed by atoms with Crippen molar-refractivity contribution in [3.05, 3.63) is 28.2 Å². The van der Waals surface area contributed by atoms with Gasteiger partial charge in [0.2, 0.25) is 10.0 Å². The van der Waals surface area contributed by atoms with E-state index >= 15 is 0 Å². The first-order valence-electron chi connectivity index (χ1n) is 6.34. The van der Waals surface area contributed by atoms with Gasteiger partial charge in [-0.05, 0) is 52.4 Å². The van der Waals surface area contributed by atoms with Gasteiger partial charge in [-0.3, -0.25) is 0 Å². The molecule has 4 nitrogen and oxygen atoms in total. The van der Waals surface area contributed by atoms with Crippen LogP contribution in [-0.4, -0.2) is 30.9 Å². The van der Waals surface area contributed by atoms with Crippen LogP contribution in [0.5, 0.6) is 0 Å². The minimum absolute atomic E-state index is 0.160. The summed E-state index contributed by atoms with van der Waals surface area (Å²) in [6.07, 6.45) is 1.80. The van der Waals surface area contributed by atoms with E-state index in [4.69, 9.17) is 5.11 Å². The minimum Gasteiger partial charge on any atom is -0.392 e. The molecule has 1 saturated heterocycles. The molecule has 19 heavy (non-hydrogen) atoms.